The molecule has 94 valence electrons. The van der Waals surface area contributed by atoms with Gasteiger partial charge in [0.25, 0.3) is 10.2 Å². The first-order valence-corrected chi connectivity index (χ1v) is 6.77. The predicted octanol–water partition coefficient (Wildman–Crippen LogP) is -0.274. The van der Waals surface area contributed by atoms with Crippen molar-refractivity contribution >= 4 is 16.2 Å². The average molecular weight is 250 g/mol. The fourth-order valence-corrected chi connectivity index (χ4v) is 2.99. The molecule has 1 atom stereocenters. The van der Waals surface area contributed by atoms with Crippen LogP contribution in [-0.2, 0) is 19.7 Å². The number of esters is 1. The third kappa shape index (κ3) is 3.16. The van der Waals surface area contributed by atoms with Crippen molar-refractivity contribution in [3.8, 4) is 0 Å². The highest BCUT2D eigenvalue weighted by Crippen LogP contribution is 2.19. The van der Waals surface area contributed by atoms with E-state index >= 15 is 0 Å². The van der Waals surface area contributed by atoms with Crippen molar-refractivity contribution in [2.75, 3.05) is 26.7 Å². The largest absolute Gasteiger partial charge is 0.469 e. The van der Waals surface area contributed by atoms with Crippen LogP contribution in [0.5, 0.6) is 0 Å². The number of carbonyl (C=O) groups is 1. The Morgan fingerprint density at radius 2 is 2.25 bits per heavy atom. The Labute approximate surface area is 96.1 Å². The summed E-state index contributed by atoms with van der Waals surface area (Å²) >= 11 is 0. The maximum Gasteiger partial charge on any atom is 0.310 e. The van der Waals surface area contributed by atoms with E-state index in [0.29, 0.717) is 19.5 Å². The molecule has 0 saturated carbocycles. The minimum absolute atomic E-state index is 0.214. The Hall–Kier alpha value is -0.660. The lowest BCUT2D eigenvalue weighted by Crippen LogP contribution is -2.40. The lowest BCUT2D eigenvalue weighted by Gasteiger charge is -2.16. The molecule has 1 N–H and O–H groups in total. The Kier molecular flexibility index (Phi) is 4.69. The summed E-state index contributed by atoms with van der Waals surface area (Å²) in [5.41, 5.74) is 0. The Balaban J connectivity index is 2.55. The van der Waals surface area contributed by atoms with Crippen molar-refractivity contribution in [2.45, 2.75) is 19.8 Å². The molecule has 1 heterocycles. The van der Waals surface area contributed by atoms with Crippen molar-refractivity contribution in [2.24, 2.45) is 5.92 Å². The number of hydrogen-bond donors (Lipinski definition) is 1. The summed E-state index contributed by atoms with van der Waals surface area (Å²) in [6.07, 6.45) is 1.27. The van der Waals surface area contributed by atoms with Crippen molar-refractivity contribution < 1.29 is 17.9 Å². The zero-order valence-electron chi connectivity index (χ0n) is 9.60. The third-order valence-corrected chi connectivity index (χ3v) is 4.14. The molecule has 0 aliphatic carbocycles. The van der Waals surface area contributed by atoms with Crippen LogP contribution in [0.4, 0.5) is 0 Å². The zero-order chi connectivity index (χ0) is 12.2. The van der Waals surface area contributed by atoms with E-state index in [1.165, 1.54) is 11.4 Å². The number of carbonyl (C=O) groups excluding carboxylic acids is 1. The van der Waals surface area contributed by atoms with Crippen LogP contribution in [0.3, 0.4) is 0 Å². The first kappa shape index (κ1) is 13.4. The molecule has 6 nitrogen and oxygen atoms in total. The van der Waals surface area contributed by atoms with Gasteiger partial charge in [0.1, 0.15) is 0 Å². The maximum absolute atomic E-state index is 11.7. The van der Waals surface area contributed by atoms with Gasteiger partial charge in [0, 0.05) is 19.6 Å². The quantitative estimate of drug-likeness (QED) is 0.681. The molecular formula is C9H18N2O4S. The van der Waals surface area contributed by atoms with E-state index in [1.54, 1.807) is 0 Å². The van der Waals surface area contributed by atoms with Crippen LogP contribution in [0, 0.1) is 5.92 Å². The summed E-state index contributed by atoms with van der Waals surface area (Å²) in [6, 6.07) is 0. The third-order valence-electron chi connectivity index (χ3n) is 2.56. The predicted molar refractivity (Wildman–Crippen MR) is 58.9 cm³/mol. The van der Waals surface area contributed by atoms with E-state index in [0.717, 1.165) is 6.42 Å². The summed E-state index contributed by atoms with van der Waals surface area (Å²) in [4.78, 5) is 11.2. The van der Waals surface area contributed by atoms with Crippen LogP contribution >= 0.6 is 0 Å². The molecule has 1 rings (SSSR count). The molecule has 0 radical (unpaired) electrons. The lowest BCUT2D eigenvalue weighted by molar-refractivity contribution is -0.144. The summed E-state index contributed by atoms with van der Waals surface area (Å²) in [5.74, 6) is -0.670. The molecule has 0 amide bonds. The van der Waals surface area contributed by atoms with Gasteiger partial charge >= 0.3 is 5.97 Å². The zero-order valence-corrected chi connectivity index (χ0v) is 10.4. The second kappa shape index (κ2) is 5.60. The second-order valence-electron chi connectivity index (χ2n) is 3.77. The number of methoxy groups -OCH3 is 1. The second-order valence-corrected chi connectivity index (χ2v) is 5.52. The van der Waals surface area contributed by atoms with Gasteiger partial charge in [0.15, 0.2) is 0 Å². The molecule has 1 aliphatic heterocycles. The minimum Gasteiger partial charge on any atom is -0.469 e. The molecule has 1 aliphatic rings. The van der Waals surface area contributed by atoms with Crippen molar-refractivity contribution in [1.82, 2.24) is 9.03 Å². The van der Waals surface area contributed by atoms with E-state index in [9.17, 15) is 13.2 Å². The van der Waals surface area contributed by atoms with Crippen LogP contribution in [0.15, 0.2) is 0 Å². The van der Waals surface area contributed by atoms with E-state index in [-0.39, 0.29) is 18.4 Å². The molecule has 0 aromatic rings. The normalized spacial score (nSPS) is 22.2. The lowest BCUT2D eigenvalue weighted by atomic mass is 10.1. The molecule has 0 aromatic carbocycles. The summed E-state index contributed by atoms with van der Waals surface area (Å²) in [5, 5.41) is 0. The van der Waals surface area contributed by atoms with E-state index in [2.05, 4.69) is 9.46 Å². The van der Waals surface area contributed by atoms with E-state index in [1.807, 2.05) is 6.92 Å². The van der Waals surface area contributed by atoms with Gasteiger partial charge in [0.05, 0.1) is 13.0 Å². The van der Waals surface area contributed by atoms with Gasteiger partial charge in [0.2, 0.25) is 0 Å². The maximum atomic E-state index is 11.7. The van der Waals surface area contributed by atoms with Gasteiger partial charge in [-0.05, 0) is 12.8 Å². The van der Waals surface area contributed by atoms with Crippen molar-refractivity contribution in [3.63, 3.8) is 0 Å². The molecule has 7 heteroatoms. The van der Waals surface area contributed by atoms with Gasteiger partial charge in [-0.1, -0.05) is 6.92 Å². The van der Waals surface area contributed by atoms with Crippen LogP contribution in [-0.4, -0.2) is 45.4 Å². The van der Waals surface area contributed by atoms with E-state index < -0.39 is 10.2 Å². The Morgan fingerprint density at radius 1 is 1.56 bits per heavy atom. The molecule has 1 saturated heterocycles. The smallest absolute Gasteiger partial charge is 0.310 e. The SMILES string of the molecule is CCCNS(=O)(=O)N1CCC(C(=O)OC)C1. The first-order valence-electron chi connectivity index (χ1n) is 5.33. The number of hydrogen-bond acceptors (Lipinski definition) is 4. The number of ether oxygens (including phenoxy) is 1. The molecule has 0 bridgehead atoms. The van der Waals surface area contributed by atoms with Crippen LogP contribution in [0.2, 0.25) is 0 Å². The first-order chi connectivity index (χ1) is 7.51. The molecular weight excluding hydrogens is 232 g/mol. The summed E-state index contributed by atoms with van der Waals surface area (Å²) in [7, 11) is -2.11. The molecule has 1 fully saturated rings. The number of nitrogens with zero attached hydrogens (tertiary/aromatic N) is 1. The molecule has 16 heavy (non-hydrogen) atoms. The standard InChI is InChI=1S/C9H18N2O4S/c1-3-5-10-16(13,14)11-6-4-8(7-11)9(12)15-2/h8,10H,3-7H2,1-2H3. The molecule has 1 unspecified atom stereocenters. The Bertz CT molecular complexity index is 341. The topological polar surface area (TPSA) is 75.7 Å². The van der Waals surface area contributed by atoms with Gasteiger partial charge < -0.3 is 4.74 Å². The monoisotopic (exact) mass is 250 g/mol. The number of rotatable bonds is 5. The Morgan fingerprint density at radius 3 is 2.81 bits per heavy atom. The van der Waals surface area contributed by atoms with E-state index in [4.69, 9.17) is 0 Å². The number of nitrogens with one attached hydrogen (secondary N) is 1. The summed E-state index contributed by atoms with van der Waals surface area (Å²) < 4.78 is 31.8. The van der Waals surface area contributed by atoms with Crippen LogP contribution < -0.4 is 4.72 Å². The molecule has 0 spiro atoms. The fourth-order valence-electron chi connectivity index (χ4n) is 1.63. The highest BCUT2D eigenvalue weighted by atomic mass is 32.2. The highest BCUT2D eigenvalue weighted by Gasteiger charge is 2.35. The van der Waals surface area contributed by atoms with Crippen LogP contribution in [0.1, 0.15) is 19.8 Å². The van der Waals surface area contributed by atoms with Crippen molar-refractivity contribution in [1.29, 1.82) is 0 Å². The fraction of sp³-hybridized carbons (Fsp3) is 0.889. The van der Waals surface area contributed by atoms with Gasteiger partial charge in [-0.25, -0.2) is 4.72 Å². The highest BCUT2D eigenvalue weighted by molar-refractivity contribution is 7.87. The van der Waals surface area contributed by atoms with Gasteiger partial charge in [-0.2, -0.15) is 12.7 Å². The van der Waals surface area contributed by atoms with Crippen LogP contribution in [0.25, 0.3) is 0 Å². The van der Waals surface area contributed by atoms with Gasteiger partial charge in [-0.15, -0.1) is 0 Å². The average Bonchev–Trinajstić information content (AvgIpc) is 2.75. The summed E-state index contributed by atoms with van der Waals surface area (Å²) in [6.45, 7) is 2.90. The van der Waals surface area contributed by atoms with Crippen molar-refractivity contribution in [3.05, 3.63) is 0 Å². The van der Waals surface area contributed by atoms with Gasteiger partial charge in [-0.3, -0.25) is 4.79 Å². The molecule has 0 aromatic heterocycles. The minimum atomic E-state index is -3.42.